The van der Waals surface area contributed by atoms with Gasteiger partial charge in [-0.2, -0.15) is 13.2 Å². The van der Waals surface area contributed by atoms with Crippen LogP contribution in [0.3, 0.4) is 0 Å². The third kappa shape index (κ3) is 2.82. The molecule has 0 amide bonds. The minimum absolute atomic E-state index is 0.232. The highest BCUT2D eigenvalue weighted by atomic mass is 35.5. The summed E-state index contributed by atoms with van der Waals surface area (Å²) in [6, 6.07) is 1.39. The van der Waals surface area contributed by atoms with E-state index in [0.717, 1.165) is 14.2 Å². The maximum absolute atomic E-state index is 12.5. The molecule has 0 radical (unpaired) electrons. The summed E-state index contributed by atoms with van der Waals surface area (Å²) < 4.78 is 47.0. The van der Waals surface area contributed by atoms with Crippen molar-refractivity contribution in [1.29, 1.82) is 0 Å². The number of carbonyl (C=O) groups excluding carboxylic acids is 1. The fourth-order valence-corrected chi connectivity index (χ4v) is 1.46. The molecule has 17 heavy (non-hydrogen) atoms. The van der Waals surface area contributed by atoms with Gasteiger partial charge in [0.25, 0.3) is 5.24 Å². The van der Waals surface area contributed by atoms with E-state index in [9.17, 15) is 18.0 Å². The molecule has 0 bridgehead atoms. The molecule has 0 aliphatic rings. The number of methoxy groups -OCH3 is 2. The third-order valence-electron chi connectivity index (χ3n) is 2.03. The summed E-state index contributed by atoms with van der Waals surface area (Å²) in [6.45, 7) is 0. The van der Waals surface area contributed by atoms with Crippen LogP contribution in [0.15, 0.2) is 12.1 Å². The molecule has 0 aliphatic heterocycles. The summed E-state index contributed by atoms with van der Waals surface area (Å²) in [5, 5.41) is -0.951. The van der Waals surface area contributed by atoms with Gasteiger partial charge in [-0.05, 0) is 23.7 Å². The van der Waals surface area contributed by atoms with Gasteiger partial charge >= 0.3 is 6.18 Å². The molecule has 7 heteroatoms. The highest BCUT2D eigenvalue weighted by Gasteiger charge is 2.33. The van der Waals surface area contributed by atoms with Crippen LogP contribution in [0, 0.1) is 0 Å². The first-order valence-corrected chi connectivity index (χ1v) is 4.72. The maximum Gasteiger partial charge on any atom is 0.416 e. The molecule has 0 N–H and O–H groups in total. The van der Waals surface area contributed by atoms with E-state index < -0.39 is 17.0 Å². The quantitative estimate of drug-likeness (QED) is 0.790. The van der Waals surface area contributed by atoms with Crippen molar-refractivity contribution >= 4 is 16.8 Å². The van der Waals surface area contributed by atoms with Crippen LogP contribution in [0.2, 0.25) is 0 Å². The summed E-state index contributed by atoms with van der Waals surface area (Å²) in [5.41, 5.74) is -1.21. The molecule has 0 saturated heterocycles. The lowest BCUT2D eigenvalue weighted by atomic mass is 10.1. The van der Waals surface area contributed by atoms with Crippen molar-refractivity contribution in [3.8, 4) is 11.5 Å². The first-order chi connectivity index (χ1) is 7.81. The fraction of sp³-hybridized carbons (Fsp3) is 0.300. The topological polar surface area (TPSA) is 35.5 Å². The van der Waals surface area contributed by atoms with Gasteiger partial charge in [-0.15, -0.1) is 0 Å². The van der Waals surface area contributed by atoms with Gasteiger partial charge in [0.15, 0.2) is 0 Å². The van der Waals surface area contributed by atoms with Gasteiger partial charge in [-0.1, -0.05) is 0 Å². The molecule has 0 spiro atoms. The predicted octanol–water partition coefficient (Wildman–Crippen LogP) is 3.10. The zero-order valence-electron chi connectivity index (χ0n) is 8.89. The van der Waals surface area contributed by atoms with E-state index in [1.54, 1.807) is 0 Å². The predicted molar refractivity (Wildman–Crippen MR) is 54.7 cm³/mol. The van der Waals surface area contributed by atoms with Crippen LogP contribution in [0.1, 0.15) is 15.9 Å². The van der Waals surface area contributed by atoms with Crippen LogP contribution in [0.25, 0.3) is 0 Å². The van der Waals surface area contributed by atoms with Gasteiger partial charge < -0.3 is 9.47 Å². The first-order valence-electron chi connectivity index (χ1n) is 4.34. The summed E-state index contributed by atoms with van der Waals surface area (Å²) in [6.07, 6.45) is -4.56. The summed E-state index contributed by atoms with van der Waals surface area (Å²) in [5.74, 6) is -0.562. The van der Waals surface area contributed by atoms with E-state index in [2.05, 4.69) is 0 Å². The SMILES string of the molecule is COc1cc(C(F)(F)F)cc(OC)c1C(=O)Cl. The van der Waals surface area contributed by atoms with Crippen molar-refractivity contribution in [2.24, 2.45) is 0 Å². The smallest absolute Gasteiger partial charge is 0.416 e. The average Bonchev–Trinajstić information content (AvgIpc) is 2.25. The van der Waals surface area contributed by atoms with E-state index >= 15 is 0 Å². The van der Waals surface area contributed by atoms with Crippen LogP contribution in [-0.2, 0) is 6.18 Å². The Bertz CT molecular complexity index is 418. The number of ether oxygens (including phenoxy) is 2. The van der Waals surface area contributed by atoms with Gasteiger partial charge in [0.05, 0.1) is 19.8 Å². The van der Waals surface area contributed by atoms with Crippen LogP contribution in [0.4, 0.5) is 13.2 Å². The van der Waals surface area contributed by atoms with E-state index in [1.165, 1.54) is 0 Å². The molecule has 1 aromatic carbocycles. The maximum atomic E-state index is 12.5. The average molecular weight is 269 g/mol. The Labute approximate surface area is 100 Å². The molecule has 0 unspecified atom stereocenters. The van der Waals surface area contributed by atoms with E-state index in [0.29, 0.717) is 12.1 Å². The molecule has 0 fully saturated rings. The number of benzene rings is 1. The summed E-state index contributed by atoms with van der Waals surface area (Å²) >= 11 is 5.26. The van der Waals surface area contributed by atoms with E-state index in [4.69, 9.17) is 21.1 Å². The Morgan fingerprint density at radius 1 is 1.18 bits per heavy atom. The Balaban J connectivity index is 3.50. The van der Waals surface area contributed by atoms with Crippen LogP contribution in [-0.4, -0.2) is 19.5 Å². The van der Waals surface area contributed by atoms with Crippen molar-refractivity contribution in [2.75, 3.05) is 14.2 Å². The Morgan fingerprint density at radius 3 is 1.82 bits per heavy atom. The molecule has 94 valence electrons. The van der Waals surface area contributed by atoms with Crippen molar-refractivity contribution < 1.29 is 27.4 Å². The lowest BCUT2D eigenvalue weighted by Crippen LogP contribution is -2.08. The highest BCUT2D eigenvalue weighted by molar-refractivity contribution is 6.68. The largest absolute Gasteiger partial charge is 0.496 e. The second-order valence-electron chi connectivity index (χ2n) is 3.03. The second-order valence-corrected chi connectivity index (χ2v) is 3.37. The molecule has 0 atom stereocenters. The minimum Gasteiger partial charge on any atom is -0.496 e. The molecule has 3 nitrogen and oxygen atoms in total. The monoisotopic (exact) mass is 268 g/mol. The van der Waals surface area contributed by atoms with E-state index in [1.807, 2.05) is 0 Å². The van der Waals surface area contributed by atoms with Gasteiger partial charge in [0.2, 0.25) is 0 Å². The van der Waals surface area contributed by atoms with Crippen LogP contribution >= 0.6 is 11.6 Å². The number of hydrogen-bond acceptors (Lipinski definition) is 3. The van der Waals surface area contributed by atoms with Crippen molar-refractivity contribution in [3.05, 3.63) is 23.3 Å². The summed E-state index contributed by atoms with van der Waals surface area (Å²) in [7, 11) is 2.27. The molecule has 1 rings (SSSR count). The summed E-state index contributed by atoms with van der Waals surface area (Å²) in [4.78, 5) is 11.1. The molecule has 1 aromatic rings. The number of alkyl halides is 3. The number of halogens is 4. The first kappa shape index (κ1) is 13.6. The number of carbonyl (C=O) groups is 1. The lowest BCUT2D eigenvalue weighted by Gasteiger charge is -2.14. The Kier molecular flexibility index (Phi) is 3.87. The second kappa shape index (κ2) is 4.83. The van der Waals surface area contributed by atoms with Gasteiger partial charge in [0.1, 0.15) is 17.1 Å². The van der Waals surface area contributed by atoms with Gasteiger partial charge in [-0.25, -0.2) is 0 Å². The number of rotatable bonds is 3. The molecular weight excluding hydrogens is 261 g/mol. The van der Waals surface area contributed by atoms with Crippen molar-refractivity contribution in [2.45, 2.75) is 6.18 Å². The molecule has 0 aromatic heterocycles. The van der Waals surface area contributed by atoms with Crippen molar-refractivity contribution in [1.82, 2.24) is 0 Å². The Hall–Kier alpha value is -1.43. The van der Waals surface area contributed by atoms with Gasteiger partial charge in [-0.3, -0.25) is 4.79 Å². The van der Waals surface area contributed by atoms with Crippen LogP contribution in [0.5, 0.6) is 11.5 Å². The molecule has 0 heterocycles. The normalized spacial score (nSPS) is 11.2. The molecule has 0 aliphatic carbocycles. The molecular formula is C10H8ClF3O3. The van der Waals surface area contributed by atoms with Gasteiger partial charge in [0, 0.05) is 0 Å². The zero-order valence-corrected chi connectivity index (χ0v) is 9.65. The lowest BCUT2D eigenvalue weighted by molar-refractivity contribution is -0.137. The highest BCUT2D eigenvalue weighted by Crippen LogP contribution is 2.38. The Morgan fingerprint density at radius 2 is 1.59 bits per heavy atom. The third-order valence-corrected chi connectivity index (χ3v) is 2.22. The zero-order chi connectivity index (χ0) is 13.2. The molecule has 0 saturated carbocycles. The van der Waals surface area contributed by atoms with Crippen molar-refractivity contribution in [3.63, 3.8) is 0 Å². The van der Waals surface area contributed by atoms with Crippen LogP contribution < -0.4 is 9.47 Å². The standard InChI is InChI=1S/C10H8ClF3O3/c1-16-6-3-5(10(12,13)14)4-7(17-2)8(6)9(11)15/h3-4H,1-2H3. The van der Waals surface area contributed by atoms with E-state index in [-0.39, 0.29) is 17.1 Å². The fourth-order valence-electron chi connectivity index (χ4n) is 1.27. The minimum atomic E-state index is -4.56. The number of hydrogen-bond donors (Lipinski definition) is 0.